The first-order valence-electron chi connectivity index (χ1n) is 9.80. The van der Waals surface area contributed by atoms with Gasteiger partial charge in [0.15, 0.2) is 5.96 Å². The number of sulfone groups is 1. The van der Waals surface area contributed by atoms with Gasteiger partial charge in [0.1, 0.15) is 9.84 Å². The SMILES string of the molecule is CCNC(=NCC1(c2cccc(Cl)c2)CCOCC1)NC(C)CCS(C)(=O)=O. The quantitative estimate of drug-likeness (QED) is 0.490. The van der Waals surface area contributed by atoms with Gasteiger partial charge in [-0.3, -0.25) is 4.99 Å². The van der Waals surface area contributed by atoms with Gasteiger partial charge in [-0.2, -0.15) is 0 Å². The van der Waals surface area contributed by atoms with Crippen molar-refractivity contribution >= 4 is 27.4 Å². The number of rotatable bonds is 8. The van der Waals surface area contributed by atoms with Crippen molar-refractivity contribution in [3.8, 4) is 0 Å². The summed E-state index contributed by atoms with van der Waals surface area (Å²) in [5, 5.41) is 7.32. The summed E-state index contributed by atoms with van der Waals surface area (Å²) in [5.41, 5.74) is 1.08. The van der Waals surface area contributed by atoms with E-state index in [1.807, 2.05) is 32.0 Å². The van der Waals surface area contributed by atoms with Crippen LogP contribution in [-0.4, -0.2) is 58.7 Å². The van der Waals surface area contributed by atoms with E-state index in [0.717, 1.165) is 24.4 Å². The summed E-state index contributed by atoms with van der Waals surface area (Å²) in [6.07, 6.45) is 3.58. The molecule has 1 heterocycles. The summed E-state index contributed by atoms with van der Waals surface area (Å²) >= 11 is 6.24. The Morgan fingerprint density at radius 3 is 2.68 bits per heavy atom. The Balaban J connectivity index is 2.14. The molecule has 1 aliphatic heterocycles. The Bertz CT molecular complexity index is 762. The van der Waals surface area contributed by atoms with Crippen LogP contribution in [0, 0.1) is 0 Å². The molecule has 1 aromatic carbocycles. The Labute approximate surface area is 174 Å². The fourth-order valence-corrected chi connectivity index (χ4v) is 4.34. The van der Waals surface area contributed by atoms with Gasteiger partial charge in [-0.1, -0.05) is 23.7 Å². The highest BCUT2D eigenvalue weighted by molar-refractivity contribution is 7.90. The summed E-state index contributed by atoms with van der Waals surface area (Å²) in [6.45, 7) is 6.75. The predicted octanol–water partition coefficient (Wildman–Crippen LogP) is 2.77. The number of halogens is 1. The zero-order valence-corrected chi connectivity index (χ0v) is 18.6. The first-order chi connectivity index (χ1) is 13.2. The van der Waals surface area contributed by atoms with Crippen LogP contribution in [0.25, 0.3) is 0 Å². The maximum atomic E-state index is 11.4. The Morgan fingerprint density at radius 2 is 2.07 bits per heavy atom. The number of benzene rings is 1. The topological polar surface area (TPSA) is 79.8 Å². The number of hydrogen-bond acceptors (Lipinski definition) is 4. The van der Waals surface area contributed by atoms with Gasteiger partial charge in [0.2, 0.25) is 0 Å². The monoisotopic (exact) mass is 429 g/mol. The third-order valence-electron chi connectivity index (χ3n) is 5.08. The van der Waals surface area contributed by atoms with Gasteiger partial charge in [-0.05, 0) is 50.8 Å². The summed E-state index contributed by atoms with van der Waals surface area (Å²) in [4.78, 5) is 4.85. The molecule has 0 radical (unpaired) electrons. The van der Waals surface area contributed by atoms with Gasteiger partial charge < -0.3 is 15.4 Å². The number of hydrogen-bond donors (Lipinski definition) is 2. The van der Waals surface area contributed by atoms with Crippen LogP contribution < -0.4 is 10.6 Å². The molecule has 1 saturated heterocycles. The first kappa shape index (κ1) is 23.0. The number of aliphatic imine (C=N–C) groups is 1. The predicted molar refractivity (Wildman–Crippen MR) is 116 cm³/mol. The fraction of sp³-hybridized carbons (Fsp3) is 0.650. The lowest BCUT2D eigenvalue weighted by Gasteiger charge is -2.37. The molecule has 6 nitrogen and oxygen atoms in total. The van der Waals surface area contributed by atoms with Crippen molar-refractivity contribution in [3.63, 3.8) is 0 Å². The molecule has 1 aromatic rings. The minimum atomic E-state index is -2.97. The highest BCUT2D eigenvalue weighted by atomic mass is 35.5. The molecule has 158 valence electrons. The lowest BCUT2D eigenvalue weighted by Crippen LogP contribution is -2.44. The fourth-order valence-electron chi connectivity index (χ4n) is 3.37. The summed E-state index contributed by atoms with van der Waals surface area (Å²) in [5.74, 6) is 0.862. The van der Waals surface area contributed by atoms with E-state index in [-0.39, 0.29) is 17.2 Å². The lowest BCUT2D eigenvalue weighted by molar-refractivity contribution is 0.0531. The van der Waals surface area contributed by atoms with Crippen LogP contribution in [0.3, 0.4) is 0 Å². The van der Waals surface area contributed by atoms with Gasteiger partial charge >= 0.3 is 0 Å². The molecule has 1 atom stereocenters. The maximum Gasteiger partial charge on any atom is 0.191 e. The molecule has 1 unspecified atom stereocenters. The van der Waals surface area contributed by atoms with E-state index in [9.17, 15) is 8.42 Å². The van der Waals surface area contributed by atoms with E-state index in [1.54, 1.807) is 0 Å². The van der Waals surface area contributed by atoms with Crippen molar-refractivity contribution in [1.29, 1.82) is 0 Å². The molecule has 1 fully saturated rings. The van der Waals surface area contributed by atoms with E-state index in [4.69, 9.17) is 21.3 Å². The number of guanidine groups is 1. The third kappa shape index (κ3) is 7.26. The molecule has 0 bridgehead atoms. The standard InChI is InChI=1S/C20H32ClN3O3S/c1-4-22-19(24-16(2)8-13-28(3,25)26)23-15-20(9-11-27-12-10-20)17-6-5-7-18(21)14-17/h5-7,14,16H,4,8-13,15H2,1-3H3,(H2,22,23,24). The molecule has 0 saturated carbocycles. The molecule has 0 spiro atoms. The lowest BCUT2D eigenvalue weighted by atomic mass is 9.74. The molecule has 2 N–H and O–H groups in total. The van der Waals surface area contributed by atoms with Crippen molar-refractivity contribution in [1.82, 2.24) is 10.6 Å². The minimum absolute atomic E-state index is 0.00401. The maximum absolute atomic E-state index is 11.4. The molecule has 0 aromatic heterocycles. The second kappa shape index (κ2) is 10.5. The second-order valence-electron chi connectivity index (χ2n) is 7.56. The van der Waals surface area contributed by atoms with Crippen molar-refractivity contribution in [2.75, 3.05) is 38.3 Å². The van der Waals surface area contributed by atoms with Gasteiger partial charge in [-0.15, -0.1) is 0 Å². The third-order valence-corrected chi connectivity index (χ3v) is 6.29. The van der Waals surface area contributed by atoms with Crippen molar-refractivity contribution < 1.29 is 13.2 Å². The van der Waals surface area contributed by atoms with E-state index >= 15 is 0 Å². The molecule has 8 heteroatoms. The van der Waals surface area contributed by atoms with E-state index in [2.05, 4.69) is 16.7 Å². The zero-order valence-electron chi connectivity index (χ0n) is 17.0. The summed E-state index contributed by atoms with van der Waals surface area (Å²) in [6, 6.07) is 8.01. The Morgan fingerprint density at radius 1 is 1.36 bits per heavy atom. The van der Waals surface area contributed by atoms with Crippen LogP contribution in [0.2, 0.25) is 5.02 Å². The number of nitrogens with zero attached hydrogens (tertiary/aromatic N) is 1. The van der Waals surface area contributed by atoms with Crippen LogP contribution in [-0.2, 0) is 20.0 Å². The molecule has 0 amide bonds. The zero-order chi connectivity index (χ0) is 20.6. The van der Waals surface area contributed by atoms with Crippen molar-refractivity contribution in [2.45, 2.75) is 44.6 Å². The summed E-state index contributed by atoms with van der Waals surface area (Å²) in [7, 11) is -2.97. The number of nitrogens with one attached hydrogen (secondary N) is 2. The average Bonchev–Trinajstić information content (AvgIpc) is 2.65. The Kier molecular flexibility index (Phi) is 8.58. The van der Waals surface area contributed by atoms with Crippen molar-refractivity contribution in [2.24, 2.45) is 4.99 Å². The molecule has 1 aliphatic rings. The van der Waals surface area contributed by atoms with Crippen molar-refractivity contribution in [3.05, 3.63) is 34.9 Å². The molecule has 28 heavy (non-hydrogen) atoms. The highest BCUT2D eigenvalue weighted by Crippen LogP contribution is 2.36. The van der Waals surface area contributed by atoms with Crippen LogP contribution in [0.5, 0.6) is 0 Å². The smallest absolute Gasteiger partial charge is 0.191 e. The van der Waals surface area contributed by atoms with Gasteiger partial charge in [0.05, 0.1) is 12.3 Å². The molecular weight excluding hydrogens is 398 g/mol. The van der Waals surface area contributed by atoms with Crippen LogP contribution >= 0.6 is 11.6 Å². The van der Waals surface area contributed by atoms with E-state index < -0.39 is 9.84 Å². The van der Waals surface area contributed by atoms with E-state index in [1.165, 1.54) is 11.8 Å². The van der Waals surface area contributed by atoms with Gasteiger partial charge in [0, 0.05) is 42.5 Å². The molecule has 0 aliphatic carbocycles. The van der Waals surface area contributed by atoms with Crippen LogP contribution in [0.1, 0.15) is 38.7 Å². The van der Waals surface area contributed by atoms with Gasteiger partial charge in [0.25, 0.3) is 0 Å². The average molecular weight is 430 g/mol. The van der Waals surface area contributed by atoms with Gasteiger partial charge in [-0.25, -0.2) is 8.42 Å². The molecule has 2 rings (SSSR count). The van der Waals surface area contributed by atoms with E-state index in [0.29, 0.717) is 32.1 Å². The number of ether oxygens (including phenoxy) is 1. The molecular formula is C20H32ClN3O3S. The van der Waals surface area contributed by atoms with Crippen LogP contribution in [0.15, 0.2) is 29.3 Å². The largest absolute Gasteiger partial charge is 0.381 e. The summed E-state index contributed by atoms with van der Waals surface area (Å²) < 4.78 is 28.4. The Hall–Kier alpha value is -1.31. The first-order valence-corrected chi connectivity index (χ1v) is 12.2. The van der Waals surface area contributed by atoms with Crippen LogP contribution in [0.4, 0.5) is 0 Å². The normalized spacial score (nSPS) is 18.5. The minimum Gasteiger partial charge on any atom is -0.381 e. The second-order valence-corrected chi connectivity index (χ2v) is 10.3. The highest BCUT2D eigenvalue weighted by Gasteiger charge is 2.34.